The highest BCUT2D eigenvalue weighted by atomic mass is 16.5. The predicted molar refractivity (Wildman–Crippen MR) is 54.4 cm³/mol. The Morgan fingerprint density at radius 3 is 3.33 bits per heavy atom. The zero-order valence-electron chi connectivity index (χ0n) is 8.15. The van der Waals surface area contributed by atoms with E-state index in [0.717, 1.165) is 5.39 Å². The van der Waals surface area contributed by atoms with Crippen LogP contribution in [0.1, 0.15) is 0 Å². The standard InChI is InChI=1S/C9H10N4O2/c1-15-5-7(14)11-9-6-3-2-4-10-8(6)12-13-9/h2-4H,5H2,1H3,(H2,10,11,12,13,14). The zero-order chi connectivity index (χ0) is 10.7. The van der Waals surface area contributed by atoms with Crippen LogP contribution >= 0.6 is 0 Å². The fraction of sp³-hybridized carbons (Fsp3) is 0.222. The number of anilines is 1. The van der Waals surface area contributed by atoms with E-state index in [1.807, 2.05) is 6.07 Å². The Hall–Kier alpha value is -1.95. The molecule has 2 aromatic heterocycles. The third-order valence-corrected chi connectivity index (χ3v) is 1.87. The Bertz CT molecular complexity index is 480. The first kappa shape index (κ1) is 9.60. The van der Waals surface area contributed by atoms with Crippen molar-refractivity contribution in [3.05, 3.63) is 18.3 Å². The highest BCUT2D eigenvalue weighted by Gasteiger charge is 2.08. The summed E-state index contributed by atoms with van der Waals surface area (Å²) in [6.45, 7) is 0.0147. The van der Waals surface area contributed by atoms with Crippen LogP contribution in [0.4, 0.5) is 5.82 Å². The number of H-pyrrole nitrogens is 1. The molecule has 0 aliphatic heterocycles. The van der Waals surface area contributed by atoms with Crippen LogP contribution in [-0.4, -0.2) is 34.8 Å². The van der Waals surface area contributed by atoms with Gasteiger partial charge in [-0.1, -0.05) is 0 Å². The van der Waals surface area contributed by atoms with Crippen LogP contribution < -0.4 is 5.32 Å². The minimum Gasteiger partial charge on any atom is -0.375 e. The molecule has 0 aromatic carbocycles. The van der Waals surface area contributed by atoms with E-state index < -0.39 is 0 Å². The summed E-state index contributed by atoms with van der Waals surface area (Å²) in [5.41, 5.74) is 0.574. The number of ether oxygens (including phenoxy) is 1. The Morgan fingerprint density at radius 2 is 2.53 bits per heavy atom. The molecule has 6 heteroatoms. The summed E-state index contributed by atoms with van der Waals surface area (Å²) >= 11 is 0. The number of amides is 1. The van der Waals surface area contributed by atoms with Gasteiger partial charge in [0.2, 0.25) is 0 Å². The van der Waals surface area contributed by atoms with E-state index in [0.29, 0.717) is 11.5 Å². The molecular weight excluding hydrogens is 196 g/mol. The number of carbonyl (C=O) groups excluding carboxylic acids is 1. The van der Waals surface area contributed by atoms with Gasteiger partial charge in [-0.05, 0) is 12.1 Å². The van der Waals surface area contributed by atoms with E-state index in [-0.39, 0.29) is 12.5 Å². The maximum atomic E-state index is 11.2. The first-order valence-corrected chi connectivity index (χ1v) is 4.39. The number of nitrogens with one attached hydrogen (secondary N) is 2. The molecule has 15 heavy (non-hydrogen) atoms. The maximum absolute atomic E-state index is 11.2. The van der Waals surface area contributed by atoms with Crippen LogP contribution in [0.3, 0.4) is 0 Å². The lowest BCUT2D eigenvalue weighted by Crippen LogP contribution is -2.17. The van der Waals surface area contributed by atoms with Crippen molar-refractivity contribution in [2.24, 2.45) is 0 Å². The number of hydrogen-bond donors (Lipinski definition) is 2. The Balaban J connectivity index is 2.25. The lowest BCUT2D eigenvalue weighted by Gasteiger charge is -2.00. The van der Waals surface area contributed by atoms with Crippen molar-refractivity contribution in [1.29, 1.82) is 0 Å². The van der Waals surface area contributed by atoms with E-state index in [2.05, 4.69) is 20.5 Å². The summed E-state index contributed by atoms with van der Waals surface area (Å²) in [4.78, 5) is 15.3. The summed E-state index contributed by atoms with van der Waals surface area (Å²) < 4.78 is 4.70. The van der Waals surface area contributed by atoms with Crippen LogP contribution in [0, 0.1) is 0 Å². The molecule has 0 saturated heterocycles. The van der Waals surface area contributed by atoms with Gasteiger partial charge in [0.1, 0.15) is 12.4 Å². The molecule has 0 saturated carbocycles. The average Bonchev–Trinajstić information content (AvgIpc) is 2.62. The molecule has 0 aliphatic carbocycles. The summed E-state index contributed by atoms with van der Waals surface area (Å²) in [6, 6.07) is 3.61. The van der Waals surface area contributed by atoms with E-state index in [9.17, 15) is 4.79 Å². The largest absolute Gasteiger partial charge is 0.375 e. The maximum Gasteiger partial charge on any atom is 0.251 e. The van der Waals surface area contributed by atoms with Crippen LogP contribution in [0.5, 0.6) is 0 Å². The van der Waals surface area contributed by atoms with Gasteiger partial charge < -0.3 is 10.1 Å². The normalized spacial score (nSPS) is 10.5. The molecule has 6 nitrogen and oxygen atoms in total. The van der Waals surface area contributed by atoms with Crippen LogP contribution in [0.15, 0.2) is 18.3 Å². The van der Waals surface area contributed by atoms with Crippen molar-refractivity contribution in [3.63, 3.8) is 0 Å². The SMILES string of the molecule is COCC(=O)Nc1[nH]nc2ncccc12. The Morgan fingerprint density at radius 1 is 1.67 bits per heavy atom. The predicted octanol–water partition coefficient (Wildman–Crippen LogP) is 0.543. The topological polar surface area (TPSA) is 79.9 Å². The van der Waals surface area contributed by atoms with E-state index in [4.69, 9.17) is 4.74 Å². The molecule has 0 bridgehead atoms. The number of methoxy groups -OCH3 is 1. The van der Waals surface area contributed by atoms with Gasteiger partial charge in [0.25, 0.3) is 5.91 Å². The number of pyridine rings is 1. The van der Waals surface area contributed by atoms with E-state index in [1.165, 1.54) is 7.11 Å². The molecule has 0 atom stereocenters. The number of fused-ring (bicyclic) bond motifs is 1. The number of aromatic nitrogens is 3. The minimum absolute atomic E-state index is 0.0147. The molecule has 0 aliphatic rings. The molecule has 2 rings (SSSR count). The minimum atomic E-state index is -0.230. The zero-order valence-corrected chi connectivity index (χ0v) is 8.15. The van der Waals surface area contributed by atoms with Crippen molar-refractivity contribution in [1.82, 2.24) is 15.2 Å². The third kappa shape index (κ3) is 1.94. The van der Waals surface area contributed by atoms with Gasteiger partial charge >= 0.3 is 0 Å². The van der Waals surface area contributed by atoms with Gasteiger partial charge in [-0.25, -0.2) is 4.98 Å². The van der Waals surface area contributed by atoms with Gasteiger partial charge in [-0.3, -0.25) is 9.89 Å². The highest BCUT2D eigenvalue weighted by Crippen LogP contribution is 2.17. The molecule has 0 fully saturated rings. The second-order valence-corrected chi connectivity index (χ2v) is 2.95. The van der Waals surface area contributed by atoms with Gasteiger partial charge in [-0.15, -0.1) is 0 Å². The van der Waals surface area contributed by atoms with Crippen molar-refractivity contribution < 1.29 is 9.53 Å². The Kier molecular flexibility index (Phi) is 2.59. The summed E-state index contributed by atoms with van der Waals surface area (Å²) in [5.74, 6) is 0.312. The van der Waals surface area contributed by atoms with Gasteiger partial charge in [0.15, 0.2) is 5.65 Å². The van der Waals surface area contributed by atoms with Crippen LogP contribution in [0.25, 0.3) is 11.0 Å². The summed E-state index contributed by atoms with van der Waals surface area (Å²) in [5, 5.41) is 10.1. The second kappa shape index (κ2) is 4.05. The molecule has 2 aromatic rings. The molecular formula is C9H10N4O2. The van der Waals surface area contributed by atoms with Gasteiger partial charge in [-0.2, -0.15) is 5.10 Å². The third-order valence-electron chi connectivity index (χ3n) is 1.87. The summed E-state index contributed by atoms with van der Waals surface area (Å²) in [7, 11) is 1.46. The van der Waals surface area contributed by atoms with Gasteiger partial charge in [0, 0.05) is 13.3 Å². The smallest absolute Gasteiger partial charge is 0.251 e. The van der Waals surface area contributed by atoms with Crippen LogP contribution in [-0.2, 0) is 9.53 Å². The van der Waals surface area contributed by atoms with Crippen molar-refractivity contribution in [3.8, 4) is 0 Å². The molecule has 0 unspecified atom stereocenters. The number of rotatable bonds is 3. The van der Waals surface area contributed by atoms with Crippen LogP contribution in [0.2, 0.25) is 0 Å². The number of carbonyl (C=O) groups is 1. The first-order chi connectivity index (χ1) is 7.31. The first-order valence-electron chi connectivity index (χ1n) is 4.39. The lowest BCUT2D eigenvalue weighted by atomic mass is 10.3. The molecule has 0 spiro atoms. The molecule has 2 N–H and O–H groups in total. The van der Waals surface area contributed by atoms with Gasteiger partial charge in [0.05, 0.1) is 5.39 Å². The number of hydrogen-bond acceptors (Lipinski definition) is 4. The van der Waals surface area contributed by atoms with Crippen molar-refractivity contribution in [2.75, 3.05) is 19.0 Å². The second-order valence-electron chi connectivity index (χ2n) is 2.95. The molecule has 78 valence electrons. The van der Waals surface area contributed by atoms with E-state index in [1.54, 1.807) is 12.3 Å². The fourth-order valence-electron chi connectivity index (χ4n) is 1.25. The highest BCUT2D eigenvalue weighted by molar-refractivity contribution is 5.98. The molecule has 1 amide bonds. The lowest BCUT2D eigenvalue weighted by molar-refractivity contribution is -0.119. The fourth-order valence-corrected chi connectivity index (χ4v) is 1.25. The Labute approximate surface area is 85.6 Å². The average molecular weight is 206 g/mol. The number of nitrogens with zero attached hydrogens (tertiary/aromatic N) is 2. The summed E-state index contributed by atoms with van der Waals surface area (Å²) in [6.07, 6.45) is 1.64. The molecule has 0 radical (unpaired) electrons. The van der Waals surface area contributed by atoms with E-state index >= 15 is 0 Å². The monoisotopic (exact) mass is 206 g/mol. The van der Waals surface area contributed by atoms with Crippen molar-refractivity contribution >= 4 is 22.8 Å². The quantitative estimate of drug-likeness (QED) is 0.768. The number of aromatic amines is 1. The van der Waals surface area contributed by atoms with Crippen molar-refractivity contribution in [2.45, 2.75) is 0 Å². The molecule has 2 heterocycles.